The molecule has 1 aliphatic rings. The van der Waals surface area contributed by atoms with Crippen molar-refractivity contribution in [2.24, 2.45) is 4.99 Å². The summed E-state index contributed by atoms with van der Waals surface area (Å²) in [5.41, 5.74) is 2.37. The Hall–Kier alpha value is -2.57. The summed E-state index contributed by atoms with van der Waals surface area (Å²) >= 11 is 0. The van der Waals surface area contributed by atoms with E-state index in [9.17, 15) is 0 Å². The number of hydrogen-bond acceptors (Lipinski definition) is 4. The van der Waals surface area contributed by atoms with Crippen LogP contribution >= 0.6 is 0 Å². The Morgan fingerprint density at radius 1 is 1.10 bits per heavy atom. The Morgan fingerprint density at radius 3 is 2.58 bits per heavy atom. The first-order valence-electron chi connectivity index (χ1n) is 11.2. The molecule has 3 rings (SSSR count). The summed E-state index contributed by atoms with van der Waals surface area (Å²) in [4.78, 5) is 4.79. The Balaban J connectivity index is 1.67. The fraction of sp³-hybridized carbons (Fsp3) is 0.480. The summed E-state index contributed by atoms with van der Waals surface area (Å²) in [6.07, 6.45) is 1.93. The molecule has 2 aromatic carbocycles. The first-order valence-corrected chi connectivity index (χ1v) is 11.2. The lowest BCUT2D eigenvalue weighted by molar-refractivity contribution is 0.0355. The Bertz CT molecular complexity index is 819. The third-order valence-corrected chi connectivity index (χ3v) is 5.76. The van der Waals surface area contributed by atoms with Gasteiger partial charge in [0.2, 0.25) is 0 Å². The molecule has 31 heavy (non-hydrogen) atoms. The van der Waals surface area contributed by atoms with Gasteiger partial charge in [0, 0.05) is 37.9 Å². The van der Waals surface area contributed by atoms with Crippen LogP contribution in [0, 0.1) is 0 Å². The van der Waals surface area contributed by atoms with E-state index in [1.54, 1.807) is 7.11 Å². The van der Waals surface area contributed by atoms with Gasteiger partial charge in [-0.2, -0.15) is 0 Å². The van der Waals surface area contributed by atoms with E-state index < -0.39 is 0 Å². The lowest BCUT2D eigenvalue weighted by Gasteiger charge is -2.41. The number of methoxy groups -OCH3 is 1. The van der Waals surface area contributed by atoms with Gasteiger partial charge in [-0.1, -0.05) is 42.5 Å². The van der Waals surface area contributed by atoms with E-state index in [1.165, 1.54) is 5.56 Å². The van der Waals surface area contributed by atoms with E-state index in [1.807, 2.05) is 18.2 Å². The van der Waals surface area contributed by atoms with E-state index in [-0.39, 0.29) is 11.6 Å². The molecule has 0 radical (unpaired) electrons. The maximum atomic E-state index is 5.67. The van der Waals surface area contributed by atoms with E-state index in [0.717, 1.165) is 56.4 Å². The van der Waals surface area contributed by atoms with Gasteiger partial charge in [-0.3, -0.25) is 0 Å². The highest BCUT2D eigenvalue weighted by Gasteiger charge is 2.34. The first-order chi connectivity index (χ1) is 15.1. The molecule has 1 atom stereocenters. The highest BCUT2D eigenvalue weighted by Crippen LogP contribution is 2.25. The summed E-state index contributed by atoms with van der Waals surface area (Å²) in [5.74, 6) is 1.68. The van der Waals surface area contributed by atoms with Gasteiger partial charge in [0.05, 0.1) is 13.7 Å². The van der Waals surface area contributed by atoms with Crippen molar-refractivity contribution in [1.82, 2.24) is 16.0 Å². The van der Waals surface area contributed by atoms with Crippen molar-refractivity contribution in [2.45, 2.75) is 44.8 Å². The van der Waals surface area contributed by atoms with Gasteiger partial charge in [0.25, 0.3) is 0 Å². The minimum atomic E-state index is -0.0420. The summed E-state index contributed by atoms with van der Waals surface area (Å²) in [6, 6.07) is 18.9. The average Bonchev–Trinajstić information content (AvgIpc) is 2.82. The maximum absolute atomic E-state index is 5.67. The minimum absolute atomic E-state index is 0.0420. The topological polar surface area (TPSA) is 66.9 Å². The Kier molecular flexibility index (Phi) is 8.74. The molecule has 0 amide bonds. The number of rotatable bonds is 9. The molecule has 0 aliphatic carbocycles. The van der Waals surface area contributed by atoms with Gasteiger partial charge in [0.1, 0.15) is 5.75 Å². The predicted octanol–water partition coefficient (Wildman–Crippen LogP) is 3.65. The molecular formula is C25H36N4O2. The van der Waals surface area contributed by atoms with E-state index >= 15 is 0 Å². The molecule has 6 heteroatoms. The molecule has 0 aromatic heterocycles. The van der Waals surface area contributed by atoms with Crippen molar-refractivity contribution in [3.8, 4) is 5.75 Å². The Labute approximate surface area is 186 Å². The van der Waals surface area contributed by atoms with E-state index in [0.29, 0.717) is 6.54 Å². The van der Waals surface area contributed by atoms with E-state index in [2.05, 4.69) is 66.2 Å². The molecule has 0 saturated carbocycles. The van der Waals surface area contributed by atoms with Crippen LogP contribution in [-0.4, -0.2) is 44.9 Å². The largest absolute Gasteiger partial charge is 0.497 e. The normalized spacial score (nSPS) is 17.1. The van der Waals surface area contributed by atoms with Gasteiger partial charge in [-0.25, -0.2) is 4.99 Å². The molecule has 1 unspecified atom stereocenters. The lowest BCUT2D eigenvalue weighted by Crippen LogP contribution is -2.58. The van der Waals surface area contributed by atoms with Crippen molar-refractivity contribution in [3.05, 3.63) is 65.7 Å². The van der Waals surface area contributed by atoms with Gasteiger partial charge in [-0.15, -0.1) is 0 Å². The van der Waals surface area contributed by atoms with Crippen molar-refractivity contribution in [3.63, 3.8) is 0 Å². The second kappa shape index (κ2) is 11.7. The number of nitrogens with zero attached hydrogens (tertiary/aromatic N) is 1. The summed E-state index contributed by atoms with van der Waals surface area (Å²) < 4.78 is 11.0. The van der Waals surface area contributed by atoms with Crippen LogP contribution in [0.5, 0.6) is 5.75 Å². The molecule has 1 fully saturated rings. The molecule has 1 heterocycles. The van der Waals surface area contributed by atoms with Crippen LogP contribution in [0.15, 0.2) is 59.6 Å². The monoisotopic (exact) mass is 424 g/mol. The van der Waals surface area contributed by atoms with Crippen molar-refractivity contribution >= 4 is 5.96 Å². The van der Waals surface area contributed by atoms with Crippen molar-refractivity contribution < 1.29 is 9.47 Å². The molecular weight excluding hydrogens is 388 g/mol. The molecule has 1 saturated heterocycles. The van der Waals surface area contributed by atoms with Crippen LogP contribution in [0.3, 0.4) is 0 Å². The van der Waals surface area contributed by atoms with Crippen LogP contribution < -0.4 is 20.7 Å². The number of nitrogens with one attached hydrogen (secondary N) is 3. The Morgan fingerprint density at radius 2 is 1.87 bits per heavy atom. The number of benzene rings is 2. The average molecular weight is 425 g/mol. The maximum Gasteiger partial charge on any atom is 0.191 e. The number of hydrogen-bond donors (Lipinski definition) is 3. The number of aliphatic imine (C=N–C) groups is 1. The van der Waals surface area contributed by atoms with Crippen LogP contribution in [-0.2, 0) is 11.3 Å². The third kappa shape index (κ3) is 6.97. The quantitative estimate of drug-likeness (QED) is 0.424. The zero-order valence-electron chi connectivity index (χ0n) is 19.0. The zero-order valence-corrected chi connectivity index (χ0v) is 19.0. The van der Waals surface area contributed by atoms with Gasteiger partial charge in [-0.05, 0) is 49.9 Å². The summed E-state index contributed by atoms with van der Waals surface area (Å²) in [7, 11) is 1.69. The lowest BCUT2D eigenvalue weighted by atomic mass is 9.88. The van der Waals surface area contributed by atoms with Crippen molar-refractivity contribution in [1.29, 1.82) is 0 Å². The van der Waals surface area contributed by atoms with E-state index in [4.69, 9.17) is 14.5 Å². The van der Waals surface area contributed by atoms with Crippen molar-refractivity contribution in [2.75, 3.05) is 33.4 Å². The highest BCUT2D eigenvalue weighted by molar-refractivity contribution is 5.79. The highest BCUT2D eigenvalue weighted by atomic mass is 16.5. The molecule has 0 bridgehead atoms. The van der Waals surface area contributed by atoms with Gasteiger partial charge < -0.3 is 25.4 Å². The molecule has 1 aliphatic heterocycles. The number of ether oxygens (including phenoxy) is 2. The zero-order chi connectivity index (χ0) is 21.9. The molecule has 168 valence electrons. The van der Waals surface area contributed by atoms with Crippen LogP contribution in [0.4, 0.5) is 0 Å². The smallest absolute Gasteiger partial charge is 0.191 e. The van der Waals surface area contributed by atoms with Gasteiger partial charge in [0.15, 0.2) is 5.96 Å². The third-order valence-electron chi connectivity index (χ3n) is 5.76. The molecule has 2 aromatic rings. The molecule has 3 N–H and O–H groups in total. The predicted molar refractivity (Wildman–Crippen MR) is 127 cm³/mol. The second-order valence-electron chi connectivity index (χ2n) is 8.07. The standard InChI is InChI=1S/C25H36N4O2/c1-4-26-24(27-18-21-9-8-12-23(17-21)30-3)28-19-25(13-15-31-16-14-25)29-20(2)22-10-6-5-7-11-22/h5-12,17,20,29H,4,13-16,18-19H2,1-3H3,(H2,26,27,28). The fourth-order valence-corrected chi connectivity index (χ4v) is 3.95. The number of guanidine groups is 1. The molecule has 6 nitrogen and oxygen atoms in total. The first kappa shape index (κ1) is 23.1. The second-order valence-corrected chi connectivity index (χ2v) is 8.07. The van der Waals surface area contributed by atoms with Crippen LogP contribution in [0.25, 0.3) is 0 Å². The summed E-state index contributed by atoms with van der Waals surface area (Å²) in [5, 5.41) is 10.8. The summed E-state index contributed by atoms with van der Waals surface area (Å²) in [6.45, 7) is 8.06. The minimum Gasteiger partial charge on any atom is -0.497 e. The SMILES string of the molecule is CCNC(=NCc1cccc(OC)c1)NCC1(NC(C)c2ccccc2)CCOCC1. The van der Waals surface area contributed by atoms with Crippen LogP contribution in [0.2, 0.25) is 0 Å². The van der Waals surface area contributed by atoms with Gasteiger partial charge >= 0.3 is 0 Å². The molecule has 0 spiro atoms. The fourth-order valence-electron chi connectivity index (χ4n) is 3.95. The van der Waals surface area contributed by atoms with Crippen LogP contribution in [0.1, 0.15) is 43.9 Å².